The Hall–Kier alpha value is -3.13. The molecule has 0 radical (unpaired) electrons. The van der Waals surface area contributed by atoms with Crippen LogP contribution in [0.5, 0.6) is 5.88 Å². The molecule has 5 rings (SSSR count). The standard InChI is InChI=1S/C21H24N6O2/c1-28-16-5-3-14(4-6-16)24-21-25-19-18(20(26-21)29-2)17(12-22-19)13-8-10-27-15(11-13)7-9-23-27/h7-12,14,16H,3-6H2,1-2H3,(H2,22,24,25,26)/t14-,16-. The number of H-pyrrole nitrogens is 1. The van der Waals surface area contributed by atoms with E-state index in [1.165, 1.54) is 0 Å². The Bertz CT molecular complexity index is 1140. The lowest BCUT2D eigenvalue weighted by Crippen LogP contribution is -2.29. The highest BCUT2D eigenvalue weighted by molar-refractivity contribution is 5.98. The van der Waals surface area contributed by atoms with Crippen molar-refractivity contribution in [3.63, 3.8) is 0 Å². The largest absolute Gasteiger partial charge is 0.480 e. The van der Waals surface area contributed by atoms with Crippen LogP contribution in [0.3, 0.4) is 0 Å². The Labute approximate surface area is 168 Å². The Kier molecular flexibility index (Phi) is 4.55. The third-order valence-electron chi connectivity index (χ3n) is 5.74. The van der Waals surface area contributed by atoms with Gasteiger partial charge in [0.05, 0.1) is 24.1 Å². The Morgan fingerprint density at radius 2 is 2.00 bits per heavy atom. The Morgan fingerprint density at radius 1 is 1.14 bits per heavy atom. The van der Waals surface area contributed by atoms with Gasteiger partial charge in [-0.15, -0.1) is 0 Å². The van der Waals surface area contributed by atoms with Crippen LogP contribution in [0.1, 0.15) is 25.7 Å². The molecule has 4 aromatic heterocycles. The van der Waals surface area contributed by atoms with Gasteiger partial charge >= 0.3 is 0 Å². The maximum Gasteiger partial charge on any atom is 0.228 e. The van der Waals surface area contributed by atoms with Gasteiger partial charge in [0.15, 0.2) is 0 Å². The number of pyridine rings is 1. The molecule has 29 heavy (non-hydrogen) atoms. The van der Waals surface area contributed by atoms with E-state index in [0.717, 1.165) is 53.4 Å². The van der Waals surface area contributed by atoms with Crippen LogP contribution >= 0.6 is 0 Å². The third kappa shape index (κ3) is 3.29. The molecule has 1 fully saturated rings. The zero-order valence-electron chi connectivity index (χ0n) is 16.6. The molecular weight excluding hydrogens is 368 g/mol. The van der Waals surface area contributed by atoms with Crippen molar-refractivity contribution in [3.8, 4) is 17.0 Å². The van der Waals surface area contributed by atoms with Crippen molar-refractivity contribution in [1.82, 2.24) is 24.6 Å². The molecule has 0 aliphatic heterocycles. The summed E-state index contributed by atoms with van der Waals surface area (Å²) in [5, 5.41) is 8.61. The number of fused-ring (bicyclic) bond motifs is 2. The van der Waals surface area contributed by atoms with E-state index in [0.29, 0.717) is 24.0 Å². The number of ether oxygens (including phenoxy) is 2. The monoisotopic (exact) mass is 392 g/mol. The fourth-order valence-electron chi connectivity index (χ4n) is 4.15. The highest BCUT2D eigenvalue weighted by Crippen LogP contribution is 2.35. The van der Waals surface area contributed by atoms with Gasteiger partial charge in [-0.25, -0.2) is 4.52 Å². The molecule has 8 nitrogen and oxygen atoms in total. The van der Waals surface area contributed by atoms with Crippen LogP contribution in [0.25, 0.3) is 27.7 Å². The molecule has 1 aliphatic carbocycles. The minimum absolute atomic E-state index is 0.349. The van der Waals surface area contributed by atoms with Crippen LogP contribution in [0, 0.1) is 0 Å². The summed E-state index contributed by atoms with van der Waals surface area (Å²) in [5.74, 6) is 1.16. The summed E-state index contributed by atoms with van der Waals surface area (Å²) < 4.78 is 12.9. The van der Waals surface area contributed by atoms with E-state index in [4.69, 9.17) is 14.5 Å². The summed E-state index contributed by atoms with van der Waals surface area (Å²) in [5.41, 5.74) is 3.85. The second-order valence-corrected chi connectivity index (χ2v) is 7.45. The fraction of sp³-hybridized carbons (Fsp3) is 0.381. The first-order valence-corrected chi connectivity index (χ1v) is 9.91. The first kappa shape index (κ1) is 17.9. The third-order valence-corrected chi connectivity index (χ3v) is 5.74. The second-order valence-electron chi connectivity index (χ2n) is 7.45. The quantitative estimate of drug-likeness (QED) is 0.539. The first-order valence-electron chi connectivity index (χ1n) is 9.91. The zero-order chi connectivity index (χ0) is 19.8. The number of hydrogen-bond donors (Lipinski definition) is 2. The van der Waals surface area contributed by atoms with Crippen LogP contribution in [0.2, 0.25) is 0 Å². The van der Waals surface area contributed by atoms with Gasteiger partial charge in [0, 0.05) is 37.3 Å². The summed E-state index contributed by atoms with van der Waals surface area (Å²) in [6.07, 6.45) is 10.3. The molecule has 0 unspecified atom stereocenters. The molecule has 8 heteroatoms. The van der Waals surface area contributed by atoms with E-state index >= 15 is 0 Å². The van der Waals surface area contributed by atoms with E-state index in [9.17, 15) is 0 Å². The first-order chi connectivity index (χ1) is 14.2. The fourth-order valence-corrected chi connectivity index (χ4v) is 4.15. The van der Waals surface area contributed by atoms with Crippen LogP contribution in [-0.4, -0.2) is 50.9 Å². The van der Waals surface area contributed by atoms with Gasteiger partial charge in [0.25, 0.3) is 0 Å². The van der Waals surface area contributed by atoms with Crippen molar-refractivity contribution >= 4 is 22.5 Å². The van der Waals surface area contributed by atoms with Crippen molar-refractivity contribution in [1.29, 1.82) is 0 Å². The lowest BCUT2D eigenvalue weighted by atomic mass is 9.93. The van der Waals surface area contributed by atoms with Crippen molar-refractivity contribution < 1.29 is 9.47 Å². The SMILES string of the molecule is COc1nc(N[C@H]2CC[C@H](OC)CC2)nc2[nH]cc(-c3ccn4nccc4c3)c12. The number of rotatable bonds is 5. The minimum Gasteiger partial charge on any atom is -0.480 e. The van der Waals surface area contributed by atoms with Gasteiger partial charge in [-0.05, 0) is 49.4 Å². The minimum atomic E-state index is 0.349. The van der Waals surface area contributed by atoms with Gasteiger partial charge in [-0.2, -0.15) is 15.1 Å². The molecule has 0 amide bonds. The van der Waals surface area contributed by atoms with Gasteiger partial charge < -0.3 is 19.8 Å². The maximum absolute atomic E-state index is 5.64. The van der Waals surface area contributed by atoms with E-state index in [1.54, 1.807) is 20.4 Å². The second kappa shape index (κ2) is 7.36. The van der Waals surface area contributed by atoms with Gasteiger partial charge in [0.2, 0.25) is 11.8 Å². The Balaban J connectivity index is 1.47. The lowest BCUT2D eigenvalue weighted by Gasteiger charge is -2.28. The molecule has 4 aromatic rings. The molecular formula is C21H24N6O2. The normalized spacial score (nSPS) is 19.7. The molecule has 2 N–H and O–H groups in total. The number of nitrogens with one attached hydrogen (secondary N) is 2. The summed E-state index contributed by atoms with van der Waals surface area (Å²) in [7, 11) is 3.43. The zero-order valence-corrected chi connectivity index (χ0v) is 16.6. The average molecular weight is 392 g/mol. The summed E-state index contributed by atoms with van der Waals surface area (Å²) in [4.78, 5) is 12.6. The van der Waals surface area contributed by atoms with Crippen molar-refractivity contribution in [3.05, 3.63) is 36.8 Å². The van der Waals surface area contributed by atoms with E-state index in [2.05, 4.69) is 26.4 Å². The van der Waals surface area contributed by atoms with Crippen LogP contribution < -0.4 is 10.1 Å². The number of aromatic amines is 1. The van der Waals surface area contributed by atoms with Crippen molar-refractivity contribution in [2.75, 3.05) is 19.5 Å². The number of aromatic nitrogens is 5. The van der Waals surface area contributed by atoms with E-state index < -0.39 is 0 Å². The summed E-state index contributed by atoms with van der Waals surface area (Å²) >= 11 is 0. The molecule has 1 aliphatic rings. The number of hydrogen-bond acceptors (Lipinski definition) is 6. The molecule has 0 aromatic carbocycles. The van der Waals surface area contributed by atoms with E-state index in [-0.39, 0.29) is 0 Å². The molecule has 1 saturated carbocycles. The number of methoxy groups -OCH3 is 2. The van der Waals surface area contributed by atoms with Crippen LogP contribution in [-0.2, 0) is 4.74 Å². The van der Waals surface area contributed by atoms with Crippen LogP contribution in [0.15, 0.2) is 36.8 Å². The van der Waals surface area contributed by atoms with Crippen molar-refractivity contribution in [2.24, 2.45) is 0 Å². The average Bonchev–Trinajstić information content (AvgIpc) is 3.40. The van der Waals surface area contributed by atoms with Gasteiger partial charge in [-0.1, -0.05) is 0 Å². The van der Waals surface area contributed by atoms with E-state index in [1.807, 2.05) is 29.0 Å². The number of nitrogens with zero attached hydrogens (tertiary/aromatic N) is 4. The molecule has 0 saturated heterocycles. The molecule has 150 valence electrons. The predicted octanol–water partition coefficient (Wildman–Crippen LogP) is 3.65. The van der Waals surface area contributed by atoms with Gasteiger partial charge in [0.1, 0.15) is 5.65 Å². The lowest BCUT2D eigenvalue weighted by molar-refractivity contribution is 0.0681. The highest BCUT2D eigenvalue weighted by Gasteiger charge is 2.22. The highest BCUT2D eigenvalue weighted by atomic mass is 16.5. The number of anilines is 1. The summed E-state index contributed by atoms with van der Waals surface area (Å²) in [6.45, 7) is 0. The maximum atomic E-state index is 5.64. The Morgan fingerprint density at radius 3 is 2.79 bits per heavy atom. The van der Waals surface area contributed by atoms with Crippen molar-refractivity contribution in [2.45, 2.75) is 37.8 Å². The smallest absolute Gasteiger partial charge is 0.228 e. The molecule has 0 bridgehead atoms. The van der Waals surface area contributed by atoms with Gasteiger partial charge in [-0.3, -0.25) is 0 Å². The van der Waals surface area contributed by atoms with Crippen LogP contribution in [0.4, 0.5) is 5.95 Å². The topological polar surface area (TPSA) is 89.4 Å². The summed E-state index contributed by atoms with van der Waals surface area (Å²) in [6, 6.07) is 6.45. The molecule has 0 spiro atoms. The predicted molar refractivity (Wildman–Crippen MR) is 111 cm³/mol. The molecule has 4 heterocycles. The molecule has 0 atom stereocenters.